The molecule has 142 valence electrons. The average molecular weight is 370 g/mol. The second-order valence-corrected chi connectivity index (χ2v) is 6.55. The van der Waals surface area contributed by atoms with Crippen LogP contribution in [0.25, 0.3) is 11.0 Å². The molecule has 10 heteroatoms. The number of H-pyrrole nitrogens is 1. The molecule has 1 fully saturated rings. The van der Waals surface area contributed by atoms with Crippen LogP contribution in [0.15, 0.2) is 18.5 Å². The minimum atomic E-state index is -4.42. The SMILES string of the molecule is CC1CCC(C(=O)NCC(F)(F)F)CN1Nc1c(N)cnc2[nH]ccc12. The van der Waals surface area contributed by atoms with Gasteiger partial charge in [0.1, 0.15) is 12.2 Å². The summed E-state index contributed by atoms with van der Waals surface area (Å²) in [4.78, 5) is 19.3. The fraction of sp³-hybridized carbons (Fsp3) is 0.500. The number of piperidine rings is 1. The largest absolute Gasteiger partial charge is 0.405 e. The number of rotatable bonds is 4. The zero-order valence-corrected chi connectivity index (χ0v) is 14.2. The number of pyridine rings is 1. The van der Waals surface area contributed by atoms with E-state index in [2.05, 4.69) is 15.4 Å². The molecule has 0 aromatic carbocycles. The molecule has 3 heterocycles. The molecule has 26 heavy (non-hydrogen) atoms. The van der Waals surface area contributed by atoms with Crippen molar-refractivity contribution in [2.45, 2.75) is 32.0 Å². The Kier molecular flexibility index (Phi) is 4.94. The number of carbonyl (C=O) groups is 1. The van der Waals surface area contributed by atoms with Crippen LogP contribution in [0.5, 0.6) is 0 Å². The van der Waals surface area contributed by atoms with E-state index in [1.165, 1.54) is 6.20 Å². The Labute approximate surface area is 148 Å². The Morgan fingerprint density at radius 3 is 2.96 bits per heavy atom. The summed E-state index contributed by atoms with van der Waals surface area (Å²) in [5, 5.41) is 4.62. The molecule has 0 bridgehead atoms. The minimum absolute atomic E-state index is 0.100. The Bertz CT molecular complexity index is 790. The zero-order valence-electron chi connectivity index (χ0n) is 14.2. The van der Waals surface area contributed by atoms with Crippen LogP contribution in [-0.4, -0.2) is 46.2 Å². The number of fused-ring (bicyclic) bond motifs is 1. The third kappa shape index (κ3) is 4.01. The van der Waals surface area contributed by atoms with Crippen molar-refractivity contribution in [1.29, 1.82) is 0 Å². The molecule has 0 radical (unpaired) electrons. The summed E-state index contributed by atoms with van der Waals surface area (Å²) in [6.45, 7) is 0.966. The number of nitrogen functional groups attached to an aromatic ring is 1. The zero-order chi connectivity index (χ0) is 18.9. The summed E-state index contributed by atoms with van der Waals surface area (Å²) < 4.78 is 36.9. The van der Waals surface area contributed by atoms with Gasteiger partial charge in [-0.3, -0.25) is 4.79 Å². The van der Waals surface area contributed by atoms with Crippen molar-refractivity contribution in [2.75, 3.05) is 24.2 Å². The molecule has 1 amide bonds. The Hall–Kier alpha value is -2.49. The molecule has 3 rings (SSSR count). The van der Waals surface area contributed by atoms with E-state index >= 15 is 0 Å². The van der Waals surface area contributed by atoms with Gasteiger partial charge in [-0.1, -0.05) is 0 Å². The smallest absolute Gasteiger partial charge is 0.396 e. The molecular weight excluding hydrogens is 349 g/mol. The summed E-state index contributed by atoms with van der Waals surface area (Å²) in [6, 6.07) is 1.94. The summed E-state index contributed by atoms with van der Waals surface area (Å²) in [5.74, 6) is -1.11. The van der Waals surface area contributed by atoms with E-state index in [1.807, 2.05) is 23.3 Å². The number of nitrogens with one attached hydrogen (secondary N) is 3. The third-order valence-electron chi connectivity index (χ3n) is 4.59. The van der Waals surface area contributed by atoms with Crippen LogP contribution >= 0.6 is 0 Å². The first-order chi connectivity index (χ1) is 12.2. The highest BCUT2D eigenvalue weighted by Gasteiger charge is 2.33. The highest BCUT2D eigenvalue weighted by Crippen LogP contribution is 2.30. The minimum Gasteiger partial charge on any atom is -0.396 e. The lowest BCUT2D eigenvalue weighted by Gasteiger charge is -2.38. The molecule has 0 saturated carbocycles. The number of alkyl halides is 3. The van der Waals surface area contributed by atoms with Gasteiger partial charge in [-0.05, 0) is 25.8 Å². The Morgan fingerprint density at radius 2 is 2.23 bits per heavy atom. The van der Waals surface area contributed by atoms with Crippen LogP contribution in [0.2, 0.25) is 0 Å². The summed E-state index contributed by atoms with van der Waals surface area (Å²) >= 11 is 0. The van der Waals surface area contributed by atoms with Crippen molar-refractivity contribution in [2.24, 2.45) is 5.92 Å². The second kappa shape index (κ2) is 7.02. The monoisotopic (exact) mass is 370 g/mol. The van der Waals surface area contributed by atoms with Crippen molar-refractivity contribution in [3.8, 4) is 0 Å². The first kappa shape index (κ1) is 18.3. The highest BCUT2D eigenvalue weighted by atomic mass is 19.4. The van der Waals surface area contributed by atoms with Gasteiger partial charge in [0.2, 0.25) is 5.91 Å². The number of carbonyl (C=O) groups excluding carboxylic acids is 1. The van der Waals surface area contributed by atoms with Crippen LogP contribution in [0.4, 0.5) is 24.5 Å². The topological polar surface area (TPSA) is 99.1 Å². The molecule has 1 aliphatic rings. The van der Waals surface area contributed by atoms with E-state index in [0.29, 0.717) is 36.4 Å². The quantitative estimate of drug-likeness (QED) is 0.662. The molecule has 5 N–H and O–H groups in total. The lowest BCUT2D eigenvalue weighted by Crippen LogP contribution is -2.50. The fourth-order valence-electron chi connectivity index (χ4n) is 3.10. The van der Waals surface area contributed by atoms with Gasteiger partial charge in [-0.15, -0.1) is 0 Å². The number of hydrazine groups is 1. The maximum Gasteiger partial charge on any atom is 0.405 e. The molecule has 0 aliphatic carbocycles. The van der Waals surface area contributed by atoms with Crippen molar-refractivity contribution >= 4 is 28.3 Å². The van der Waals surface area contributed by atoms with E-state index in [-0.39, 0.29) is 6.04 Å². The third-order valence-corrected chi connectivity index (χ3v) is 4.59. The first-order valence-electron chi connectivity index (χ1n) is 8.34. The van der Waals surface area contributed by atoms with Gasteiger partial charge in [0, 0.05) is 24.2 Å². The van der Waals surface area contributed by atoms with Crippen LogP contribution in [-0.2, 0) is 4.79 Å². The van der Waals surface area contributed by atoms with Crippen LogP contribution < -0.4 is 16.5 Å². The molecule has 0 spiro atoms. The molecule has 1 saturated heterocycles. The molecule has 2 aromatic heterocycles. The molecule has 2 atom stereocenters. The van der Waals surface area contributed by atoms with Gasteiger partial charge in [0.15, 0.2) is 0 Å². The molecule has 2 unspecified atom stereocenters. The lowest BCUT2D eigenvalue weighted by molar-refractivity contribution is -0.142. The standard InChI is InChI=1S/C16H21F3N6O/c1-9-2-3-10(15(26)23-8-16(17,18)19)7-25(9)24-13-11-4-5-21-14(11)22-6-12(13)20/h4-6,9-10H,2-3,7-8,20H2,1H3,(H,23,26)(H2,21,22,24). The van der Waals surface area contributed by atoms with Crippen molar-refractivity contribution in [3.05, 3.63) is 18.5 Å². The van der Waals surface area contributed by atoms with Crippen molar-refractivity contribution in [1.82, 2.24) is 20.3 Å². The molecule has 2 aromatic rings. The number of nitrogens with two attached hydrogens (primary N) is 1. The highest BCUT2D eigenvalue weighted by molar-refractivity contribution is 5.95. The van der Waals surface area contributed by atoms with Crippen LogP contribution in [0, 0.1) is 5.92 Å². The van der Waals surface area contributed by atoms with Crippen LogP contribution in [0.1, 0.15) is 19.8 Å². The normalized spacial score (nSPS) is 21.7. The number of hydrogen-bond donors (Lipinski definition) is 4. The summed E-state index contributed by atoms with van der Waals surface area (Å²) in [5.41, 5.74) is 11.0. The Morgan fingerprint density at radius 1 is 1.46 bits per heavy atom. The second-order valence-electron chi connectivity index (χ2n) is 6.55. The Balaban J connectivity index is 1.71. The lowest BCUT2D eigenvalue weighted by atomic mass is 9.94. The van der Waals surface area contributed by atoms with E-state index in [0.717, 1.165) is 5.39 Å². The summed E-state index contributed by atoms with van der Waals surface area (Å²) in [7, 11) is 0. The predicted molar refractivity (Wildman–Crippen MR) is 92.1 cm³/mol. The van der Waals surface area contributed by atoms with Gasteiger partial charge in [-0.2, -0.15) is 13.2 Å². The van der Waals surface area contributed by atoms with Gasteiger partial charge >= 0.3 is 6.18 Å². The van der Waals surface area contributed by atoms with E-state index in [4.69, 9.17) is 5.73 Å². The van der Waals surface area contributed by atoms with E-state index in [9.17, 15) is 18.0 Å². The number of amides is 1. The number of anilines is 2. The maximum atomic E-state index is 12.3. The first-order valence-corrected chi connectivity index (χ1v) is 8.34. The number of aromatic nitrogens is 2. The summed E-state index contributed by atoms with van der Waals surface area (Å²) in [6.07, 6.45) is 0.0757. The molecule has 7 nitrogen and oxygen atoms in total. The van der Waals surface area contributed by atoms with Crippen molar-refractivity contribution in [3.63, 3.8) is 0 Å². The predicted octanol–water partition coefficient (Wildman–Crippen LogP) is 2.25. The number of nitrogens with zero attached hydrogens (tertiary/aromatic N) is 2. The maximum absolute atomic E-state index is 12.3. The van der Waals surface area contributed by atoms with Gasteiger partial charge in [0.25, 0.3) is 0 Å². The van der Waals surface area contributed by atoms with Crippen LogP contribution in [0.3, 0.4) is 0 Å². The van der Waals surface area contributed by atoms with E-state index < -0.39 is 24.5 Å². The van der Waals surface area contributed by atoms with Gasteiger partial charge < -0.3 is 21.5 Å². The molecule has 1 aliphatic heterocycles. The molecular formula is C16H21F3N6O. The van der Waals surface area contributed by atoms with Crippen molar-refractivity contribution < 1.29 is 18.0 Å². The van der Waals surface area contributed by atoms with E-state index in [1.54, 1.807) is 6.20 Å². The number of hydrogen-bond acceptors (Lipinski definition) is 5. The van der Waals surface area contributed by atoms with Gasteiger partial charge in [0.05, 0.1) is 23.5 Å². The number of aromatic amines is 1. The van der Waals surface area contributed by atoms with Gasteiger partial charge in [-0.25, -0.2) is 9.99 Å². The number of halogens is 3. The fourth-order valence-corrected chi connectivity index (χ4v) is 3.10. The average Bonchev–Trinajstić information content (AvgIpc) is 3.05.